The van der Waals surface area contributed by atoms with E-state index in [2.05, 4.69) is 38.8 Å². The standard InChI is InChI=1S/C20H23N5O/c1-2-25-17-9-4-3-8-16(17)23-20(25)18-10-6-12-24(18)14-19(26)22-15-7-5-11-21-13-15/h3-5,7-9,11,13,18H,2,6,10,12,14H2,1H3,(H,22,26)/t18-/m0/s1. The Morgan fingerprint density at radius 3 is 2.96 bits per heavy atom. The van der Waals surface area contributed by atoms with Gasteiger partial charge >= 0.3 is 0 Å². The average molecular weight is 349 g/mol. The number of nitrogens with one attached hydrogen (secondary N) is 1. The van der Waals surface area contributed by atoms with E-state index in [0.29, 0.717) is 6.54 Å². The number of carbonyl (C=O) groups excluding carboxylic acids is 1. The van der Waals surface area contributed by atoms with Crippen molar-refractivity contribution in [1.29, 1.82) is 0 Å². The van der Waals surface area contributed by atoms with Gasteiger partial charge in [-0.2, -0.15) is 0 Å². The first-order valence-electron chi connectivity index (χ1n) is 9.15. The normalized spacial score (nSPS) is 17.7. The fraction of sp³-hybridized carbons (Fsp3) is 0.350. The number of aryl methyl sites for hydroxylation is 1. The number of anilines is 1. The van der Waals surface area contributed by atoms with E-state index in [-0.39, 0.29) is 11.9 Å². The van der Waals surface area contributed by atoms with Gasteiger partial charge < -0.3 is 9.88 Å². The summed E-state index contributed by atoms with van der Waals surface area (Å²) >= 11 is 0. The van der Waals surface area contributed by atoms with Crippen LogP contribution < -0.4 is 5.32 Å². The van der Waals surface area contributed by atoms with Crippen molar-refractivity contribution in [2.45, 2.75) is 32.4 Å². The number of benzene rings is 1. The van der Waals surface area contributed by atoms with Crippen LogP contribution in [0.2, 0.25) is 0 Å². The lowest BCUT2D eigenvalue weighted by Gasteiger charge is -2.24. The second kappa shape index (κ2) is 7.25. The van der Waals surface area contributed by atoms with Crippen LogP contribution in [0.3, 0.4) is 0 Å². The number of hydrogen-bond donors (Lipinski definition) is 1. The highest BCUT2D eigenvalue weighted by Crippen LogP contribution is 2.33. The van der Waals surface area contributed by atoms with Crippen molar-refractivity contribution < 1.29 is 4.79 Å². The van der Waals surface area contributed by atoms with Crippen LogP contribution in [0.1, 0.15) is 31.6 Å². The lowest BCUT2D eigenvalue weighted by Crippen LogP contribution is -2.34. The Morgan fingerprint density at radius 1 is 1.27 bits per heavy atom. The second-order valence-electron chi connectivity index (χ2n) is 6.62. The van der Waals surface area contributed by atoms with E-state index < -0.39 is 0 Å². The number of likely N-dealkylation sites (tertiary alicyclic amines) is 1. The first-order chi connectivity index (χ1) is 12.8. The minimum Gasteiger partial charge on any atom is -0.327 e. The SMILES string of the molecule is CCn1c([C@@H]2CCCN2CC(=O)Nc2cccnc2)nc2ccccc21. The van der Waals surface area contributed by atoms with Gasteiger partial charge in [0, 0.05) is 12.7 Å². The van der Waals surface area contributed by atoms with Crippen molar-refractivity contribution in [2.24, 2.45) is 0 Å². The Hall–Kier alpha value is -2.73. The molecule has 1 aliphatic rings. The zero-order valence-corrected chi connectivity index (χ0v) is 14.9. The molecule has 1 N–H and O–H groups in total. The van der Waals surface area contributed by atoms with Gasteiger partial charge in [0.1, 0.15) is 5.82 Å². The topological polar surface area (TPSA) is 63.1 Å². The molecule has 1 saturated heterocycles. The van der Waals surface area contributed by atoms with Gasteiger partial charge in [-0.1, -0.05) is 12.1 Å². The van der Waals surface area contributed by atoms with Gasteiger partial charge in [-0.05, 0) is 50.6 Å². The monoisotopic (exact) mass is 349 g/mol. The molecule has 1 amide bonds. The summed E-state index contributed by atoms with van der Waals surface area (Å²) in [4.78, 5) is 23.6. The molecule has 0 aliphatic carbocycles. The number of para-hydroxylation sites is 2. The molecule has 0 bridgehead atoms. The number of rotatable bonds is 5. The number of pyridine rings is 1. The van der Waals surface area contributed by atoms with E-state index in [1.807, 2.05) is 24.3 Å². The number of aromatic nitrogens is 3. The molecule has 6 heteroatoms. The predicted molar refractivity (Wildman–Crippen MR) is 102 cm³/mol. The molecule has 1 aliphatic heterocycles. The van der Waals surface area contributed by atoms with Gasteiger partial charge in [-0.3, -0.25) is 14.7 Å². The zero-order chi connectivity index (χ0) is 17.9. The maximum Gasteiger partial charge on any atom is 0.238 e. The van der Waals surface area contributed by atoms with Crippen LogP contribution in [-0.2, 0) is 11.3 Å². The molecule has 1 fully saturated rings. The summed E-state index contributed by atoms with van der Waals surface area (Å²) in [5.74, 6) is 1.06. The summed E-state index contributed by atoms with van der Waals surface area (Å²) in [5, 5.41) is 2.93. The summed E-state index contributed by atoms with van der Waals surface area (Å²) in [7, 11) is 0. The molecule has 1 aromatic carbocycles. The van der Waals surface area contributed by atoms with Gasteiger partial charge in [0.05, 0.1) is 35.5 Å². The van der Waals surface area contributed by atoms with Crippen molar-refractivity contribution >= 4 is 22.6 Å². The molecular formula is C20H23N5O. The Balaban J connectivity index is 1.54. The number of nitrogens with zero attached hydrogens (tertiary/aromatic N) is 4. The summed E-state index contributed by atoms with van der Waals surface area (Å²) in [6, 6.07) is 12.1. The summed E-state index contributed by atoms with van der Waals surface area (Å²) < 4.78 is 2.28. The predicted octanol–water partition coefficient (Wildman–Crippen LogP) is 3.23. The largest absolute Gasteiger partial charge is 0.327 e. The molecule has 0 spiro atoms. The van der Waals surface area contributed by atoms with E-state index >= 15 is 0 Å². The van der Waals surface area contributed by atoms with Crippen LogP contribution in [0.15, 0.2) is 48.8 Å². The van der Waals surface area contributed by atoms with Gasteiger partial charge in [-0.15, -0.1) is 0 Å². The lowest BCUT2D eigenvalue weighted by molar-refractivity contribution is -0.117. The molecule has 1 atom stereocenters. The first-order valence-corrected chi connectivity index (χ1v) is 9.15. The summed E-state index contributed by atoms with van der Waals surface area (Å²) in [6.45, 7) is 4.30. The molecule has 0 radical (unpaired) electrons. The second-order valence-corrected chi connectivity index (χ2v) is 6.62. The highest BCUT2D eigenvalue weighted by atomic mass is 16.2. The van der Waals surface area contributed by atoms with Gasteiger partial charge in [0.15, 0.2) is 0 Å². The number of fused-ring (bicyclic) bond motifs is 1. The van der Waals surface area contributed by atoms with Crippen LogP contribution >= 0.6 is 0 Å². The van der Waals surface area contributed by atoms with E-state index in [1.165, 1.54) is 0 Å². The fourth-order valence-corrected chi connectivity index (χ4v) is 3.81. The van der Waals surface area contributed by atoms with Crippen LogP contribution in [-0.4, -0.2) is 38.4 Å². The minimum absolute atomic E-state index is 0.0101. The Morgan fingerprint density at radius 2 is 2.15 bits per heavy atom. The van der Waals surface area contributed by atoms with Crippen molar-refractivity contribution in [3.05, 3.63) is 54.6 Å². The van der Waals surface area contributed by atoms with Gasteiger partial charge in [0.25, 0.3) is 0 Å². The highest BCUT2D eigenvalue weighted by molar-refractivity contribution is 5.92. The molecule has 3 aromatic rings. The van der Waals surface area contributed by atoms with Crippen LogP contribution in [0, 0.1) is 0 Å². The Kier molecular flexibility index (Phi) is 4.67. The molecule has 6 nitrogen and oxygen atoms in total. The minimum atomic E-state index is -0.0101. The molecule has 0 unspecified atom stereocenters. The van der Waals surface area contributed by atoms with Crippen molar-refractivity contribution in [3.63, 3.8) is 0 Å². The summed E-state index contributed by atoms with van der Waals surface area (Å²) in [5.41, 5.74) is 2.92. The van der Waals surface area contributed by atoms with E-state index in [4.69, 9.17) is 4.98 Å². The van der Waals surface area contributed by atoms with Crippen molar-refractivity contribution in [3.8, 4) is 0 Å². The third-order valence-corrected chi connectivity index (χ3v) is 4.95. The molecule has 4 rings (SSSR count). The third-order valence-electron chi connectivity index (χ3n) is 4.95. The Labute approximate surface area is 152 Å². The number of imidazole rings is 1. The van der Waals surface area contributed by atoms with Gasteiger partial charge in [0.2, 0.25) is 5.91 Å². The zero-order valence-electron chi connectivity index (χ0n) is 14.9. The van der Waals surface area contributed by atoms with Crippen molar-refractivity contribution in [1.82, 2.24) is 19.4 Å². The lowest BCUT2D eigenvalue weighted by atomic mass is 10.2. The van der Waals surface area contributed by atoms with E-state index in [0.717, 1.165) is 48.5 Å². The maximum absolute atomic E-state index is 12.5. The quantitative estimate of drug-likeness (QED) is 0.768. The van der Waals surface area contributed by atoms with Crippen LogP contribution in [0.25, 0.3) is 11.0 Å². The number of hydrogen-bond acceptors (Lipinski definition) is 4. The number of amides is 1. The Bertz CT molecular complexity index is 905. The van der Waals surface area contributed by atoms with E-state index in [1.54, 1.807) is 12.4 Å². The molecular weight excluding hydrogens is 326 g/mol. The van der Waals surface area contributed by atoms with Gasteiger partial charge in [-0.25, -0.2) is 4.98 Å². The molecule has 3 heterocycles. The van der Waals surface area contributed by atoms with Crippen molar-refractivity contribution in [2.75, 3.05) is 18.4 Å². The molecule has 134 valence electrons. The average Bonchev–Trinajstić information content (AvgIpc) is 3.25. The third kappa shape index (κ3) is 3.20. The van der Waals surface area contributed by atoms with Crippen LogP contribution in [0.5, 0.6) is 0 Å². The van der Waals surface area contributed by atoms with E-state index in [9.17, 15) is 4.79 Å². The smallest absolute Gasteiger partial charge is 0.238 e. The summed E-state index contributed by atoms with van der Waals surface area (Å²) in [6.07, 6.45) is 5.47. The molecule has 26 heavy (non-hydrogen) atoms. The number of carbonyl (C=O) groups is 1. The molecule has 2 aromatic heterocycles. The van der Waals surface area contributed by atoms with Crippen LogP contribution in [0.4, 0.5) is 5.69 Å². The molecule has 0 saturated carbocycles. The maximum atomic E-state index is 12.5. The fourth-order valence-electron chi connectivity index (χ4n) is 3.81. The highest BCUT2D eigenvalue weighted by Gasteiger charge is 2.31. The first kappa shape index (κ1) is 16.7.